The molecular formula is C15H20N6O2. The van der Waals surface area contributed by atoms with Crippen LogP contribution in [0.5, 0.6) is 0 Å². The van der Waals surface area contributed by atoms with E-state index in [1.165, 1.54) is 0 Å². The van der Waals surface area contributed by atoms with E-state index in [1.807, 2.05) is 30.5 Å². The van der Waals surface area contributed by atoms with Crippen LogP contribution < -0.4 is 5.32 Å². The van der Waals surface area contributed by atoms with Crippen LogP contribution in [-0.4, -0.2) is 50.4 Å². The fourth-order valence-electron chi connectivity index (χ4n) is 2.49. The highest BCUT2D eigenvalue weighted by atomic mass is 16.5. The number of hydrogen-bond donors (Lipinski definition) is 1. The van der Waals surface area contributed by atoms with E-state index in [-0.39, 0.29) is 12.1 Å². The minimum absolute atomic E-state index is 0.161. The fraction of sp³-hybridized carbons (Fsp3) is 0.467. The number of pyridine rings is 1. The molecule has 2 aromatic heterocycles. The first-order chi connectivity index (χ1) is 11.2. The topological polar surface area (TPSA) is 85.2 Å². The van der Waals surface area contributed by atoms with Gasteiger partial charge in [0.1, 0.15) is 12.4 Å². The van der Waals surface area contributed by atoms with Crippen molar-refractivity contribution >= 4 is 11.7 Å². The third-order valence-electron chi connectivity index (χ3n) is 3.79. The summed E-state index contributed by atoms with van der Waals surface area (Å²) < 4.78 is 7.68. The van der Waals surface area contributed by atoms with Gasteiger partial charge >= 0.3 is 6.03 Å². The number of nitrogens with zero attached hydrogens (tertiary/aromatic N) is 5. The van der Waals surface area contributed by atoms with E-state index < -0.39 is 0 Å². The molecule has 1 N–H and O–H groups in total. The lowest BCUT2D eigenvalue weighted by molar-refractivity contribution is -0.0199. The molecule has 1 saturated heterocycles. The molecule has 1 aliphatic rings. The second-order valence-corrected chi connectivity index (χ2v) is 5.40. The van der Waals surface area contributed by atoms with E-state index >= 15 is 0 Å². The van der Waals surface area contributed by atoms with E-state index in [9.17, 15) is 4.79 Å². The second-order valence-electron chi connectivity index (χ2n) is 5.40. The number of ether oxygens (including phenoxy) is 1. The van der Waals surface area contributed by atoms with Crippen molar-refractivity contribution in [3.05, 3.63) is 36.2 Å². The molecule has 3 rings (SSSR count). The molecule has 3 heterocycles. The Labute approximate surface area is 134 Å². The van der Waals surface area contributed by atoms with E-state index in [2.05, 4.69) is 20.5 Å². The van der Waals surface area contributed by atoms with Gasteiger partial charge in [-0.05, 0) is 26.0 Å². The van der Waals surface area contributed by atoms with Crippen molar-refractivity contribution in [1.29, 1.82) is 0 Å². The van der Waals surface area contributed by atoms with Gasteiger partial charge in [-0.2, -0.15) is 0 Å². The van der Waals surface area contributed by atoms with Gasteiger partial charge in [-0.3, -0.25) is 4.98 Å². The first kappa shape index (κ1) is 15.4. The van der Waals surface area contributed by atoms with Crippen molar-refractivity contribution in [2.24, 2.45) is 0 Å². The van der Waals surface area contributed by atoms with Crippen molar-refractivity contribution in [3.63, 3.8) is 0 Å². The van der Waals surface area contributed by atoms with E-state index in [0.29, 0.717) is 25.4 Å². The number of aromatic nitrogens is 4. The molecule has 8 heteroatoms. The normalized spacial score (nSPS) is 18.0. The molecule has 8 nitrogen and oxygen atoms in total. The molecule has 1 unspecified atom stereocenters. The number of urea groups is 1. The average Bonchev–Trinajstić information content (AvgIpc) is 3.06. The summed E-state index contributed by atoms with van der Waals surface area (Å²) in [6, 6.07) is 3.54. The average molecular weight is 316 g/mol. The van der Waals surface area contributed by atoms with Crippen molar-refractivity contribution in [1.82, 2.24) is 24.6 Å². The summed E-state index contributed by atoms with van der Waals surface area (Å²) in [6.45, 7) is 6.16. The van der Waals surface area contributed by atoms with Crippen molar-refractivity contribution in [2.75, 3.05) is 25.0 Å². The summed E-state index contributed by atoms with van der Waals surface area (Å²) in [7, 11) is 0. The smallest absolute Gasteiger partial charge is 0.322 e. The van der Waals surface area contributed by atoms with Crippen LogP contribution in [0.1, 0.15) is 24.5 Å². The van der Waals surface area contributed by atoms with Crippen molar-refractivity contribution in [2.45, 2.75) is 26.5 Å². The van der Waals surface area contributed by atoms with E-state index in [4.69, 9.17) is 4.74 Å². The maximum absolute atomic E-state index is 12.4. The molecule has 0 bridgehead atoms. The van der Waals surface area contributed by atoms with Gasteiger partial charge in [-0.1, -0.05) is 0 Å². The Morgan fingerprint density at radius 1 is 1.48 bits per heavy atom. The monoisotopic (exact) mass is 316 g/mol. The number of amides is 2. The standard InChI is InChI=1S/C15H20N6O2/c1-3-20-10-17-19-14(20)13-9-21(6-7-23-13)15(22)18-12-5-4-11(2)16-8-12/h4-5,8,10,13H,3,6-7,9H2,1-2H3,(H,18,22). The molecule has 0 saturated carbocycles. The van der Waals surface area contributed by atoms with Crippen LogP contribution in [0.25, 0.3) is 0 Å². The first-order valence-electron chi connectivity index (χ1n) is 7.65. The molecule has 2 aromatic rings. The summed E-state index contributed by atoms with van der Waals surface area (Å²) in [5.41, 5.74) is 1.59. The summed E-state index contributed by atoms with van der Waals surface area (Å²) in [4.78, 5) is 18.3. The number of carbonyl (C=O) groups is 1. The lowest BCUT2D eigenvalue weighted by Gasteiger charge is -2.32. The van der Waals surface area contributed by atoms with Gasteiger partial charge in [-0.15, -0.1) is 10.2 Å². The number of hydrogen-bond acceptors (Lipinski definition) is 5. The molecule has 1 fully saturated rings. The Bertz CT molecular complexity index is 669. The molecule has 1 atom stereocenters. The molecule has 1 aliphatic heterocycles. The summed E-state index contributed by atoms with van der Waals surface area (Å²) in [6.07, 6.45) is 3.07. The molecular weight excluding hydrogens is 296 g/mol. The number of nitrogens with one attached hydrogen (secondary N) is 1. The van der Waals surface area contributed by atoms with Gasteiger partial charge in [0.25, 0.3) is 0 Å². The second kappa shape index (κ2) is 6.74. The van der Waals surface area contributed by atoms with E-state index in [0.717, 1.165) is 18.1 Å². The Hall–Kier alpha value is -2.48. The van der Waals surface area contributed by atoms with E-state index in [1.54, 1.807) is 17.4 Å². The van der Waals surface area contributed by atoms with Gasteiger partial charge in [0.05, 0.1) is 25.0 Å². The predicted molar refractivity (Wildman–Crippen MR) is 84.0 cm³/mol. The largest absolute Gasteiger partial charge is 0.366 e. The predicted octanol–water partition coefficient (Wildman–Crippen LogP) is 1.61. The SMILES string of the molecule is CCn1cnnc1C1CN(C(=O)Nc2ccc(C)nc2)CCO1. The number of anilines is 1. The lowest BCUT2D eigenvalue weighted by atomic mass is 10.2. The minimum Gasteiger partial charge on any atom is -0.366 e. The summed E-state index contributed by atoms with van der Waals surface area (Å²) in [5.74, 6) is 0.752. The molecule has 122 valence electrons. The van der Waals surface area contributed by atoms with Gasteiger partial charge < -0.3 is 19.5 Å². The Kier molecular flexibility index (Phi) is 4.52. The molecule has 0 aromatic carbocycles. The third-order valence-corrected chi connectivity index (χ3v) is 3.79. The van der Waals surface area contributed by atoms with Gasteiger partial charge in [0.15, 0.2) is 5.82 Å². The maximum atomic E-state index is 12.4. The number of rotatable bonds is 3. The lowest BCUT2D eigenvalue weighted by Crippen LogP contribution is -2.44. The molecule has 0 aliphatic carbocycles. The van der Waals surface area contributed by atoms with Gasteiger partial charge in [0.2, 0.25) is 0 Å². The summed E-state index contributed by atoms with van der Waals surface area (Å²) in [5, 5.41) is 10.9. The minimum atomic E-state index is -0.256. The van der Waals surface area contributed by atoms with Crippen LogP contribution >= 0.6 is 0 Å². The Balaban J connectivity index is 1.66. The molecule has 23 heavy (non-hydrogen) atoms. The van der Waals surface area contributed by atoms with Crippen LogP contribution in [0.4, 0.5) is 10.5 Å². The number of carbonyl (C=O) groups excluding carboxylic acids is 1. The number of morpholine rings is 1. The third kappa shape index (κ3) is 3.48. The maximum Gasteiger partial charge on any atom is 0.322 e. The van der Waals surface area contributed by atoms with Crippen LogP contribution in [0.3, 0.4) is 0 Å². The van der Waals surface area contributed by atoms with Gasteiger partial charge in [-0.25, -0.2) is 4.79 Å². The van der Waals surface area contributed by atoms with Crippen LogP contribution in [0.2, 0.25) is 0 Å². The quantitative estimate of drug-likeness (QED) is 0.930. The van der Waals surface area contributed by atoms with Crippen LogP contribution in [-0.2, 0) is 11.3 Å². The van der Waals surface area contributed by atoms with Crippen LogP contribution in [0, 0.1) is 6.92 Å². The number of aryl methyl sites for hydroxylation is 2. The molecule has 2 amide bonds. The highest BCUT2D eigenvalue weighted by Gasteiger charge is 2.28. The highest BCUT2D eigenvalue weighted by molar-refractivity contribution is 5.89. The molecule has 0 radical (unpaired) electrons. The molecule has 0 spiro atoms. The first-order valence-corrected chi connectivity index (χ1v) is 7.65. The zero-order valence-corrected chi connectivity index (χ0v) is 13.3. The van der Waals surface area contributed by atoms with Crippen molar-refractivity contribution < 1.29 is 9.53 Å². The van der Waals surface area contributed by atoms with Crippen LogP contribution in [0.15, 0.2) is 24.7 Å². The Morgan fingerprint density at radius 2 is 2.35 bits per heavy atom. The Morgan fingerprint density at radius 3 is 3.09 bits per heavy atom. The fourth-order valence-corrected chi connectivity index (χ4v) is 2.49. The highest BCUT2D eigenvalue weighted by Crippen LogP contribution is 2.21. The summed E-state index contributed by atoms with van der Waals surface area (Å²) >= 11 is 0. The van der Waals surface area contributed by atoms with Gasteiger partial charge in [0, 0.05) is 18.8 Å². The zero-order chi connectivity index (χ0) is 16.2. The van der Waals surface area contributed by atoms with Crippen molar-refractivity contribution in [3.8, 4) is 0 Å². The zero-order valence-electron chi connectivity index (χ0n) is 13.3.